The van der Waals surface area contributed by atoms with Crippen molar-refractivity contribution in [2.75, 3.05) is 6.54 Å². The SMILES string of the molecule is NCC1(C(=O)c2cnc3ccccc3c2)CC1. The Morgan fingerprint density at radius 1 is 1.35 bits per heavy atom. The molecule has 3 heteroatoms. The van der Waals surface area contributed by atoms with Gasteiger partial charge >= 0.3 is 0 Å². The third kappa shape index (κ3) is 1.63. The summed E-state index contributed by atoms with van der Waals surface area (Å²) in [5.74, 6) is 0.151. The number of Topliss-reactive ketones (excluding diaryl/α,β-unsaturated/α-hetero) is 1. The smallest absolute Gasteiger partial charge is 0.171 e. The van der Waals surface area contributed by atoms with Gasteiger partial charge in [0, 0.05) is 29.1 Å². The van der Waals surface area contributed by atoms with Crippen molar-refractivity contribution < 1.29 is 4.79 Å². The molecular weight excluding hydrogens is 212 g/mol. The van der Waals surface area contributed by atoms with Gasteiger partial charge in [0.2, 0.25) is 0 Å². The molecule has 1 saturated carbocycles. The third-order valence-corrected chi connectivity index (χ3v) is 3.58. The Balaban J connectivity index is 2.04. The maximum Gasteiger partial charge on any atom is 0.171 e. The molecule has 0 spiro atoms. The predicted octanol–water partition coefficient (Wildman–Crippen LogP) is 2.16. The van der Waals surface area contributed by atoms with Crippen LogP contribution in [0.1, 0.15) is 23.2 Å². The van der Waals surface area contributed by atoms with Gasteiger partial charge in [-0.2, -0.15) is 0 Å². The van der Waals surface area contributed by atoms with Crippen LogP contribution in [0.2, 0.25) is 0 Å². The van der Waals surface area contributed by atoms with Crippen molar-refractivity contribution in [1.29, 1.82) is 0 Å². The average Bonchev–Trinajstić information content (AvgIpc) is 3.18. The zero-order valence-electron chi connectivity index (χ0n) is 9.52. The van der Waals surface area contributed by atoms with Crippen molar-refractivity contribution in [1.82, 2.24) is 4.98 Å². The monoisotopic (exact) mass is 226 g/mol. The molecule has 17 heavy (non-hydrogen) atoms. The molecule has 1 aliphatic rings. The highest BCUT2D eigenvalue weighted by molar-refractivity contribution is 6.04. The summed E-state index contributed by atoms with van der Waals surface area (Å²) in [6.45, 7) is 0.443. The molecule has 1 fully saturated rings. The number of nitrogens with two attached hydrogens (primary N) is 1. The van der Waals surface area contributed by atoms with Crippen LogP contribution in [0.3, 0.4) is 0 Å². The first-order chi connectivity index (χ1) is 8.25. The van der Waals surface area contributed by atoms with E-state index in [1.54, 1.807) is 6.20 Å². The van der Waals surface area contributed by atoms with Crippen molar-refractivity contribution in [2.24, 2.45) is 11.1 Å². The number of nitrogens with zero attached hydrogens (tertiary/aromatic N) is 1. The van der Waals surface area contributed by atoms with Gasteiger partial charge in [-0.1, -0.05) is 18.2 Å². The minimum absolute atomic E-state index is 0.151. The molecular formula is C14H14N2O. The zero-order valence-corrected chi connectivity index (χ0v) is 9.52. The van der Waals surface area contributed by atoms with Crippen molar-refractivity contribution >= 4 is 16.7 Å². The van der Waals surface area contributed by atoms with E-state index >= 15 is 0 Å². The zero-order chi connectivity index (χ0) is 11.9. The Morgan fingerprint density at radius 2 is 2.12 bits per heavy atom. The molecule has 0 amide bonds. The van der Waals surface area contributed by atoms with E-state index in [9.17, 15) is 4.79 Å². The number of para-hydroxylation sites is 1. The van der Waals surface area contributed by atoms with E-state index in [4.69, 9.17) is 5.73 Å². The molecule has 0 radical (unpaired) electrons. The molecule has 0 atom stereocenters. The van der Waals surface area contributed by atoms with Crippen molar-refractivity contribution in [3.63, 3.8) is 0 Å². The quantitative estimate of drug-likeness (QED) is 0.816. The van der Waals surface area contributed by atoms with Gasteiger partial charge in [0.25, 0.3) is 0 Å². The fourth-order valence-electron chi connectivity index (χ4n) is 2.18. The largest absolute Gasteiger partial charge is 0.329 e. The van der Waals surface area contributed by atoms with Crippen molar-refractivity contribution in [3.05, 3.63) is 42.1 Å². The number of hydrogen-bond donors (Lipinski definition) is 1. The number of benzene rings is 1. The van der Waals surface area contributed by atoms with E-state index in [2.05, 4.69) is 4.98 Å². The highest BCUT2D eigenvalue weighted by atomic mass is 16.1. The Bertz CT molecular complexity index is 588. The van der Waals surface area contributed by atoms with Gasteiger partial charge in [-0.3, -0.25) is 9.78 Å². The molecule has 2 N–H and O–H groups in total. The Morgan fingerprint density at radius 3 is 2.82 bits per heavy atom. The van der Waals surface area contributed by atoms with Crippen LogP contribution in [0.5, 0.6) is 0 Å². The summed E-state index contributed by atoms with van der Waals surface area (Å²) in [6.07, 6.45) is 3.49. The number of aromatic nitrogens is 1. The fraction of sp³-hybridized carbons (Fsp3) is 0.286. The van der Waals surface area contributed by atoms with Crippen LogP contribution >= 0.6 is 0 Å². The molecule has 0 aliphatic heterocycles. The molecule has 3 rings (SSSR count). The highest BCUT2D eigenvalue weighted by Gasteiger charge is 2.48. The number of ketones is 1. The van der Waals surface area contributed by atoms with E-state index in [1.807, 2.05) is 30.3 Å². The molecule has 1 aliphatic carbocycles. The first-order valence-electron chi connectivity index (χ1n) is 5.85. The summed E-state index contributed by atoms with van der Waals surface area (Å²) >= 11 is 0. The minimum Gasteiger partial charge on any atom is -0.329 e. The van der Waals surface area contributed by atoms with E-state index in [0.29, 0.717) is 12.1 Å². The van der Waals surface area contributed by atoms with Crippen LogP contribution in [0.4, 0.5) is 0 Å². The number of carbonyl (C=O) groups excluding carboxylic acids is 1. The summed E-state index contributed by atoms with van der Waals surface area (Å²) in [4.78, 5) is 16.6. The Labute approximate surface area is 99.7 Å². The summed E-state index contributed by atoms with van der Waals surface area (Å²) < 4.78 is 0. The van der Waals surface area contributed by atoms with Gasteiger partial charge in [-0.25, -0.2) is 0 Å². The molecule has 1 aromatic carbocycles. The average molecular weight is 226 g/mol. The molecule has 3 nitrogen and oxygen atoms in total. The standard InChI is InChI=1S/C14H14N2O/c15-9-14(5-6-14)13(17)11-7-10-3-1-2-4-12(10)16-8-11/h1-4,7-8H,5-6,9,15H2. The Kier molecular flexibility index (Phi) is 2.23. The Hall–Kier alpha value is -1.74. The summed E-state index contributed by atoms with van der Waals surface area (Å²) in [5.41, 5.74) is 7.00. The van der Waals surface area contributed by atoms with Gasteiger partial charge < -0.3 is 5.73 Å². The van der Waals surface area contributed by atoms with E-state index in [1.165, 1.54) is 0 Å². The number of pyridine rings is 1. The third-order valence-electron chi connectivity index (χ3n) is 3.58. The fourth-order valence-corrected chi connectivity index (χ4v) is 2.18. The van der Waals surface area contributed by atoms with Crippen LogP contribution < -0.4 is 5.73 Å². The second kappa shape index (κ2) is 3.64. The molecule has 0 bridgehead atoms. The molecule has 86 valence electrons. The van der Waals surface area contributed by atoms with Crippen LogP contribution in [0.15, 0.2) is 36.5 Å². The molecule has 0 saturated heterocycles. The maximum absolute atomic E-state index is 12.3. The number of fused-ring (bicyclic) bond motifs is 1. The first kappa shape index (κ1) is 10.4. The molecule has 1 heterocycles. The predicted molar refractivity (Wildman–Crippen MR) is 66.8 cm³/mol. The second-order valence-electron chi connectivity index (χ2n) is 4.73. The lowest BCUT2D eigenvalue weighted by Gasteiger charge is -2.10. The van der Waals surface area contributed by atoms with Gasteiger partial charge in [0.1, 0.15) is 0 Å². The van der Waals surface area contributed by atoms with Crippen LogP contribution in [-0.2, 0) is 0 Å². The first-order valence-corrected chi connectivity index (χ1v) is 5.85. The number of hydrogen-bond acceptors (Lipinski definition) is 3. The second-order valence-corrected chi connectivity index (χ2v) is 4.73. The number of rotatable bonds is 3. The van der Waals surface area contributed by atoms with Gasteiger partial charge in [0.15, 0.2) is 5.78 Å². The van der Waals surface area contributed by atoms with Crippen molar-refractivity contribution in [2.45, 2.75) is 12.8 Å². The minimum atomic E-state index is -0.288. The summed E-state index contributed by atoms with van der Waals surface area (Å²) in [7, 11) is 0. The van der Waals surface area contributed by atoms with E-state index < -0.39 is 0 Å². The number of carbonyl (C=O) groups is 1. The lowest BCUT2D eigenvalue weighted by atomic mass is 9.95. The summed E-state index contributed by atoms with van der Waals surface area (Å²) in [5, 5.41) is 1.01. The highest BCUT2D eigenvalue weighted by Crippen LogP contribution is 2.47. The van der Waals surface area contributed by atoms with Crippen LogP contribution in [0, 0.1) is 5.41 Å². The van der Waals surface area contributed by atoms with Gasteiger partial charge in [0.05, 0.1) is 5.52 Å². The van der Waals surface area contributed by atoms with Crippen molar-refractivity contribution in [3.8, 4) is 0 Å². The van der Waals surface area contributed by atoms with E-state index in [-0.39, 0.29) is 11.2 Å². The molecule has 2 aromatic rings. The maximum atomic E-state index is 12.3. The topological polar surface area (TPSA) is 56.0 Å². The van der Waals surface area contributed by atoms with Crippen LogP contribution in [-0.4, -0.2) is 17.3 Å². The van der Waals surface area contributed by atoms with E-state index in [0.717, 1.165) is 23.7 Å². The molecule has 1 aromatic heterocycles. The molecule has 0 unspecified atom stereocenters. The normalized spacial score (nSPS) is 17.0. The lowest BCUT2D eigenvalue weighted by Crippen LogP contribution is -2.25. The van der Waals surface area contributed by atoms with Gasteiger partial charge in [-0.05, 0) is 25.0 Å². The van der Waals surface area contributed by atoms with Gasteiger partial charge in [-0.15, -0.1) is 0 Å². The summed E-state index contributed by atoms with van der Waals surface area (Å²) in [6, 6.07) is 9.73. The van der Waals surface area contributed by atoms with Crippen LogP contribution in [0.25, 0.3) is 10.9 Å². The lowest BCUT2D eigenvalue weighted by molar-refractivity contribution is 0.0905.